The lowest BCUT2D eigenvalue weighted by Gasteiger charge is -2.23. The minimum absolute atomic E-state index is 0.160. The zero-order valence-corrected chi connectivity index (χ0v) is 10.1. The van der Waals surface area contributed by atoms with Crippen LogP contribution in [0.3, 0.4) is 0 Å². The molecule has 1 aromatic rings. The lowest BCUT2D eigenvalue weighted by atomic mass is 10.0. The van der Waals surface area contributed by atoms with Crippen LogP contribution in [0.5, 0.6) is 0 Å². The van der Waals surface area contributed by atoms with Gasteiger partial charge in [-0.1, -0.05) is 13.3 Å². The molecule has 0 saturated carbocycles. The second-order valence-corrected chi connectivity index (χ2v) is 4.33. The Bertz CT molecular complexity index is 391. The molecule has 17 heavy (non-hydrogen) atoms. The first-order valence-electron chi connectivity index (χ1n) is 5.60. The fourth-order valence-electron chi connectivity index (χ4n) is 1.63. The van der Waals surface area contributed by atoms with E-state index in [0.717, 1.165) is 6.42 Å². The second kappa shape index (κ2) is 5.63. The molecule has 1 aromatic heterocycles. The Morgan fingerprint density at radius 2 is 2.29 bits per heavy atom. The van der Waals surface area contributed by atoms with Crippen LogP contribution in [0, 0.1) is 0 Å². The predicted octanol–water partition coefficient (Wildman–Crippen LogP) is 1.74. The lowest BCUT2D eigenvalue weighted by Crippen LogP contribution is -2.33. The van der Waals surface area contributed by atoms with Crippen LogP contribution in [0.15, 0.2) is 18.5 Å². The summed E-state index contributed by atoms with van der Waals surface area (Å²) >= 11 is 0. The van der Waals surface area contributed by atoms with E-state index < -0.39 is 11.6 Å². The van der Waals surface area contributed by atoms with Crippen LogP contribution in [0.25, 0.3) is 0 Å². The Kier molecular flexibility index (Phi) is 4.45. The normalized spacial score (nSPS) is 14.1. The summed E-state index contributed by atoms with van der Waals surface area (Å²) in [5.74, 6) is -1.01. The predicted molar refractivity (Wildman–Crippen MR) is 65.2 cm³/mol. The third-order valence-electron chi connectivity index (χ3n) is 2.50. The molecule has 5 heteroatoms. The maximum absolute atomic E-state index is 10.9. The van der Waals surface area contributed by atoms with Crippen LogP contribution in [-0.2, 0) is 0 Å². The van der Waals surface area contributed by atoms with Gasteiger partial charge >= 0.3 is 5.97 Å². The summed E-state index contributed by atoms with van der Waals surface area (Å²) in [7, 11) is 0. The number of carboxylic acids is 1. The van der Waals surface area contributed by atoms with Crippen molar-refractivity contribution in [2.24, 2.45) is 0 Å². The summed E-state index contributed by atoms with van der Waals surface area (Å²) in [4.78, 5) is 14.8. The summed E-state index contributed by atoms with van der Waals surface area (Å²) < 4.78 is 0. The highest BCUT2D eigenvalue weighted by molar-refractivity contribution is 5.93. The number of nitrogens with zero attached hydrogens (tertiary/aromatic N) is 1. The molecule has 0 fully saturated rings. The van der Waals surface area contributed by atoms with Crippen molar-refractivity contribution in [2.45, 2.75) is 32.3 Å². The molecule has 0 spiro atoms. The Morgan fingerprint density at radius 1 is 1.59 bits per heavy atom. The van der Waals surface area contributed by atoms with Gasteiger partial charge in [0.15, 0.2) is 0 Å². The van der Waals surface area contributed by atoms with E-state index in [1.165, 1.54) is 18.5 Å². The van der Waals surface area contributed by atoms with Crippen molar-refractivity contribution in [2.75, 3.05) is 11.9 Å². The van der Waals surface area contributed by atoms with Crippen molar-refractivity contribution in [1.29, 1.82) is 0 Å². The highest BCUT2D eigenvalue weighted by Crippen LogP contribution is 2.17. The summed E-state index contributed by atoms with van der Waals surface area (Å²) in [6.07, 6.45) is 4.40. The molecule has 0 aliphatic rings. The highest BCUT2D eigenvalue weighted by Gasteiger charge is 2.19. The number of anilines is 1. The van der Waals surface area contributed by atoms with Crippen LogP contribution >= 0.6 is 0 Å². The molecule has 1 unspecified atom stereocenters. The van der Waals surface area contributed by atoms with Crippen LogP contribution < -0.4 is 5.32 Å². The quantitative estimate of drug-likeness (QED) is 0.703. The van der Waals surface area contributed by atoms with Crippen molar-refractivity contribution in [1.82, 2.24) is 4.98 Å². The van der Waals surface area contributed by atoms with Crippen LogP contribution in [-0.4, -0.2) is 33.3 Å². The zero-order chi connectivity index (χ0) is 12.9. The van der Waals surface area contributed by atoms with Gasteiger partial charge in [0.1, 0.15) is 0 Å². The molecule has 5 nitrogen and oxygen atoms in total. The molecule has 0 radical (unpaired) electrons. The van der Waals surface area contributed by atoms with Gasteiger partial charge in [-0.3, -0.25) is 4.98 Å². The van der Waals surface area contributed by atoms with E-state index in [9.17, 15) is 9.90 Å². The van der Waals surface area contributed by atoms with E-state index in [2.05, 4.69) is 10.3 Å². The number of carbonyl (C=O) groups is 1. The number of nitrogens with one attached hydrogen (secondary N) is 1. The molecular weight excluding hydrogens is 220 g/mol. The largest absolute Gasteiger partial charge is 0.478 e. The molecule has 3 N–H and O–H groups in total. The van der Waals surface area contributed by atoms with Crippen molar-refractivity contribution < 1.29 is 15.0 Å². The average Bonchev–Trinajstić information content (AvgIpc) is 2.27. The summed E-state index contributed by atoms with van der Waals surface area (Å²) in [5.41, 5.74) is -0.260. The molecule has 0 saturated heterocycles. The Hall–Kier alpha value is -1.62. The minimum Gasteiger partial charge on any atom is -0.478 e. The summed E-state index contributed by atoms with van der Waals surface area (Å²) in [6, 6.07) is 1.43. The van der Waals surface area contributed by atoms with Gasteiger partial charge < -0.3 is 15.5 Å². The maximum Gasteiger partial charge on any atom is 0.337 e. The number of hydrogen-bond acceptors (Lipinski definition) is 4. The third-order valence-corrected chi connectivity index (χ3v) is 2.50. The standard InChI is InChI=1S/C12H18N2O3/c1-3-5-12(2,17)8-14-10-7-13-6-4-9(10)11(15)16/h4,6-7,14,17H,3,5,8H2,1-2H3,(H,15,16). The highest BCUT2D eigenvalue weighted by atomic mass is 16.4. The zero-order valence-electron chi connectivity index (χ0n) is 10.1. The summed E-state index contributed by atoms with van der Waals surface area (Å²) in [5, 5.41) is 21.9. The van der Waals surface area contributed by atoms with E-state index in [-0.39, 0.29) is 5.56 Å². The van der Waals surface area contributed by atoms with Crippen LogP contribution in [0.1, 0.15) is 37.0 Å². The first-order chi connectivity index (χ1) is 7.96. The van der Waals surface area contributed by atoms with Crippen LogP contribution in [0.4, 0.5) is 5.69 Å². The van der Waals surface area contributed by atoms with E-state index >= 15 is 0 Å². The average molecular weight is 238 g/mol. The fourth-order valence-corrected chi connectivity index (χ4v) is 1.63. The first kappa shape index (κ1) is 13.4. The SMILES string of the molecule is CCCC(C)(O)CNc1cnccc1C(=O)O. The van der Waals surface area contributed by atoms with Gasteiger partial charge in [0.05, 0.1) is 23.0 Å². The second-order valence-electron chi connectivity index (χ2n) is 4.33. The van der Waals surface area contributed by atoms with Gasteiger partial charge in [-0.2, -0.15) is 0 Å². The van der Waals surface area contributed by atoms with Gasteiger partial charge in [0.25, 0.3) is 0 Å². The first-order valence-corrected chi connectivity index (χ1v) is 5.60. The molecule has 0 amide bonds. The van der Waals surface area contributed by atoms with E-state index in [4.69, 9.17) is 5.11 Å². The minimum atomic E-state index is -1.01. The van der Waals surface area contributed by atoms with E-state index in [1.807, 2.05) is 6.92 Å². The smallest absolute Gasteiger partial charge is 0.337 e. The topological polar surface area (TPSA) is 82.5 Å². The van der Waals surface area contributed by atoms with E-state index in [0.29, 0.717) is 18.7 Å². The molecule has 94 valence electrons. The van der Waals surface area contributed by atoms with Crippen LogP contribution in [0.2, 0.25) is 0 Å². The van der Waals surface area contributed by atoms with Crippen molar-refractivity contribution >= 4 is 11.7 Å². The lowest BCUT2D eigenvalue weighted by molar-refractivity contribution is 0.0630. The molecule has 1 rings (SSSR count). The van der Waals surface area contributed by atoms with Crippen molar-refractivity contribution in [3.8, 4) is 0 Å². The maximum atomic E-state index is 10.9. The number of aliphatic hydroxyl groups is 1. The Balaban J connectivity index is 2.72. The van der Waals surface area contributed by atoms with Crippen molar-refractivity contribution in [3.63, 3.8) is 0 Å². The Morgan fingerprint density at radius 3 is 2.88 bits per heavy atom. The number of carboxylic acid groups (broad SMARTS) is 1. The molecule has 1 atom stereocenters. The van der Waals surface area contributed by atoms with Gasteiger partial charge in [-0.25, -0.2) is 4.79 Å². The van der Waals surface area contributed by atoms with Crippen molar-refractivity contribution in [3.05, 3.63) is 24.0 Å². The monoisotopic (exact) mass is 238 g/mol. The molecule has 0 aliphatic carbocycles. The van der Waals surface area contributed by atoms with Gasteiger partial charge in [0, 0.05) is 12.7 Å². The molecule has 1 heterocycles. The number of aromatic nitrogens is 1. The number of aromatic carboxylic acids is 1. The molecule has 0 aromatic carbocycles. The molecular formula is C12H18N2O3. The van der Waals surface area contributed by atoms with Gasteiger partial charge in [-0.05, 0) is 19.4 Å². The van der Waals surface area contributed by atoms with E-state index in [1.54, 1.807) is 6.92 Å². The fraction of sp³-hybridized carbons (Fsp3) is 0.500. The van der Waals surface area contributed by atoms with Gasteiger partial charge in [0.2, 0.25) is 0 Å². The number of pyridine rings is 1. The number of hydrogen-bond donors (Lipinski definition) is 3. The number of rotatable bonds is 6. The Labute approximate surface area is 101 Å². The van der Waals surface area contributed by atoms with Gasteiger partial charge in [-0.15, -0.1) is 0 Å². The third kappa shape index (κ3) is 4.03. The molecule has 0 bridgehead atoms. The molecule has 0 aliphatic heterocycles. The summed E-state index contributed by atoms with van der Waals surface area (Å²) in [6.45, 7) is 4.01.